The Balaban J connectivity index is 2.06. The van der Waals surface area contributed by atoms with Crippen molar-refractivity contribution in [2.45, 2.75) is 25.8 Å². The van der Waals surface area contributed by atoms with Crippen LogP contribution in [0, 0.1) is 12.7 Å². The average molecular weight is 394 g/mol. The smallest absolute Gasteiger partial charge is 0.326 e. The Hall–Kier alpha value is -3.01. The number of hydrogen-bond donors (Lipinski definition) is 4. The highest BCUT2D eigenvalue weighted by Gasteiger charge is 2.23. The number of carbonyl (C=O) groups excluding carboxylic acids is 2. The number of nitrogens with zero attached hydrogens (tertiary/aromatic N) is 1. The van der Waals surface area contributed by atoms with E-state index >= 15 is 0 Å². The molecule has 8 nitrogen and oxygen atoms in total. The van der Waals surface area contributed by atoms with Crippen molar-refractivity contribution in [3.05, 3.63) is 40.7 Å². The van der Waals surface area contributed by atoms with E-state index in [1.165, 1.54) is 12.1 Å². The van der Waals surface area contributed by atoms with Crippen molar-refractivity contribution in [1.82, 2.24) is 15.6 Å². The van der Waals surface area contributed by atoms with Gasteiger partial charge in [-0.15, -0.1) is 11.3 Å². The molecule has 1 atom stereocenters. The number of primary amides is 1. The highest BCUT2D eigenvalue weighted by Crippen LogP contribution is 2.28. The van der Waals surface area contributed by atoms with Gasteiger partial charge in [-0.25, -0.2) is 19.0 Å². The molecule has 0 aliphatic rings. The van der Waals surface area contributed by atoms with Crippen molar-refractivity contribution in [2.24, 2.45) is 5.73 Å². The van der Waals surface area contributed by atoms with Crippen LogP contribution in [0.25, 0.3) is 10.6 Å². The van der Waals surface area contributed by atoms with Gasteiger partial charge in [0.1, 0.15) is 21.7 Å². The van der Waals surface area contributed by atoms with Gasteiger partial charge in [-0.3, -0.25) is 4.79 Å². The molecule has 1 unspecified atom stereocenters. The van der Waals surface area contributed by atoms with Gasteiger partial charge in [-0.1, -0.05) is 0 Å². The molecule has 3 amide bonds. The monoisotopic (exact) mass is 394 g/mol. The van der Waals surface area contributed by atoms with Gasteiger partial charge in [0, 0.05) is 12.1 Å². The molecule has 144 valence electrons. The molecule has 0 fully saturated rings. The largest absolute Gasteiger partial charge is 0.480 e. The molecule has 2 rings (SSSR count). The van der Waals surface area contributed by atoms with Crippen LogP contribution in [0.1, 0.15) is 28.2 Å². The summed E-state index contributed by atoms with van der Waals surface area (Å²) in [5.74, 6) is -2.10. The number of nitrogens with one attached hydrogen (secondary N) is 2. The Morgan fingerprint density at radius 1 is 1.30 bits per heavy atom. The van der Waals surface area contributed by atoms with Gasteiger partial charge in [0.05, 0.1) is 5.69 Å². The molecule has 0 spiro atoms. The minimum absolute atomic E-state index is 0.129. The average Bonchev–Trinajstić information content (AvgIpc) is 2.99. The van der Waals surface area contributed by atoms with E-state index in [0.29, 0.717) is 22.7 Å². The lowest BCUT2D eigenvalue weighted by Crippen LogP contribution is -2.41. The van der Waals surface area contributed by atoms with Crippen LogP contribution in [-0.2, 0) is 4.79 Å². The third-order valence-electron chi connectivity index (χ3n) is 3.67. The fraction of sp³-hybridized carbons (Fsp3) is 0.294. The predicted molar refractivity (Wildman–Crippen MR) is 98.0 cm³/mol. The van der Waals surface area contributed by atoms with E-state index in [0.717, 1.165) is 11.3 Å². The second kappa shape index (κ2) is 9.08. The lowest BCUT2D eigenvalue weighted by molar-refractivity contribution is -0.139. The molecule has 2 aromatic rings. The van der Waals surface area contributed by atoms with E-state index in [1.807, 2.05) is 0 Å². The number of urea groups is 1. The second-order valence-corrected chi connectivity index (χ2v) is 6.74. The highest BCUT2D eigenvalue weighted by molar-refractivity contribution is 7.17. The predicted octanol–water partition coefficient (Wildman–Crippen LogP) is 1.89. The summed E-state index contributed by atoms with van der Waals surface area (Å²) in [5, 5.41) is 14.6. The zero-order valence-electron chi connectivity index (χ0n) is 14.5. The first-order valence-corrected chi connectivity index (χ1v) is 8.90. The maximum Gasteiger partial charge on any atom is 0.326 e. The number of nitrogens with two attached hydrogens (primary N) is 1. The molecular weight excluding hydrogens is 375 g/mol. The normalized spacial score (nSPS) is 11.6. The zero-order chi connectivity index (χ0) is 20.0. The van der Waals surface area contributed by atoms with Gasteiger partial charge in [-0.05, 0) is 44.0 Å². The Bertz CT molecular complexity index is 838. The number of amides is 3. The van der Waals surface area contributed by atoms with E-state index < -0.39 is 23.9 Å². The van der Waals surface area contributed by atoms with Crippen LogP contribution in [-0.4, -0.2) is 40.6 Å². The number of carboxylic acid groups (broad SMARTS) is 1. The third-order valence-corrected chi connectivity index (χ3v) is 4.87. The first kappa shape index (κ1) is 20.3. The highest BCUT2D eigenvalue weighted by atomic mass is 32.1. The molecule has 1 aromatic heterocycles. The molecule has 0 radical (unpaired) electrons. The maximum absolute atomic E-state index is 13.0. The molecule has 1 aromatic carbocycles. The summed E-state index contributed by atoms with van der Waals surface area (Å²) in [4.78, 5) is 39.0. The number of rotatable bonds is 8. The number of carbonyl (C=O) groups is 3. The molecule has 0 saturated carbocycles. The molecular formula is C17H19FN4O4S. The first-order valence-electron chi connectivity index (χ1n) is 8.08. The number of halogens is 1. The summed E-state index contributed by atoms with van der Waals surface area (Å²) in [7, 11) is 0. The number of thiazole rings is 1. The van der Waals surface area contributed by atoms with Gasteiger partial charge in [0.15, 0.2) is 0 Å². The van der Waals surface area contributed by atoms with Crippen LogP contribution in [0.5, 0.6) is 0 Å². The topological polar surface area (TPSA) is 134 Å². The summed E-state index contributed by atoms with van der Waals surface area (Å²) in [5.41, 5.74) is 6.06. The summed E-state index contributed by atoms with van der Waals surface area (Å²) >= 11 is 1.10. The van der Waals surface area contributed by atoms with E-state index in [1.54, 1.807) is 19.1 Å². The minimum atomic E-state index is -1.18. The molecule has 0 aliphatic carbocycles. The molecule has 5 N–H and O–H groups in total. The van der Waals surface area contributed by atoms with Crippen molar-refractivity contribution in [3.8, 4) is 10.6 Å². The summed E-state index contributed by atoms with van der Waals surface area (Å²) in [6.45, 7) is 1.86. The van der Waals surface area contributed by atoms with Gasteiger partial charge in [0.25, 0.3) is 5.91 Å². The van der Waals surface area contributed by atoms with Gasteiger partial charge >= 0.3 is 12.0 Å². The number of aliphatic carboxylic acids is 1. The summed E-state index contributed by atoms with van der Waals surface area (Å²) < 4.78 is 13.0. The van der Waals surface area contributed by atoms with Crippen LogP contribution in [0.15, 0.2) is 24.3 Å². The van der Waals surface area contributed by atoms with Crippen molar-refractivity contribution < 1.29 is 23.9 Å². The summed E-state index contributed by atoms with van der Waals surface area (Å²) in [6.07, 6.45) is 0.465. The summed E-state index contributed by atoms with van der Waals surface area (Å²) in [6, 6.07) is 3.91. The van der Waals surface area contributed by atoms with Crippen LogP contribution in [0.3, 0.4) is 0 Å². The molecule has 0 saturated heterocycles. The SMILES string of the molecule is Cc1nc(-c2ccc(F)cc2)sc1C(=O)NC(CCCNC(N)=O)C(=O)O. The molecule has 10 heteroatoms. The second-order valence-electron chi connectivity index (χ2n) is 5.74. The number of aromatic nitrogens is 1. The van der Waals surface area contributed by atoms with Gasteiger partial charge in [0.2, 0.25) is 0 Å². The maximum atomic E-state index is 13.0. The fourth-order valence-electron chi connectivity index (χ4n) is 2.32. The molecule has 27 heavy (non-hydrogen) atoms. The van der Waals surface area contributed by atoms with Crippen LogP contribution in [0.2, 0.25) is 0 Å². The Labute approximate surface area is 158 Å². The number of hydrogen-bond acceptors (Lipinski definition) is 5. The number of benzene rings is 1. The van der Waals surface area contributed by atoms with E-state index in [-0.39, 0.29) is 23.7 Å². The Morgan fingerprint density at radius 3 is 2.56 bits per heavy atom. The van der Waals surface area contributed by atoms with Gasteiger partial charge in [-0.2, -0.15) is 0 Å². The Morgan fingerprint density at radius 2 is 1.96 bits per heavy atom. The van der Waals surface area contributed by atoms with Crippen LogP contribution >= 0.6 is 11.3 Å². The standard InChI is InChI=1S/C17H19FN4O4S/c1-9-13(27-15(21-9)10-4-6-11(18)7-5-10)14(23)22-12(16(24)25)3-2-8-20-17(19)26/h4-7,12H,2-3,8H2,1H3,(H,22,23)(H,24,25)(H3,19,20,26). The third kappa shape index (κ3) is 5.74. The fourth-order valence-corrected chi connectivity index (χ4v) is 3.30. The number of carboxylic acids is 1. The van der Waals surface area contributed by atoms with Crippen LogP contribution < -0.4 is 16.4 Å². The molecule has 1 heterocycles. The zero-order valence-corrected chi connectivity index (χ0v) is 15.3. The van der Waals surface area contributed by atoms with Crippen LogP contribution in [0.4, 0.5) is 9.18 Å². The lowest BCUT2D eigenvalue weighted by Gasteiger charge is -2.14. The van der Waals surface area contributed by atoms with E-state index in [2.05, 4.69) is 15.6 Å². The van der Waals surface area contributed by atoms with E-state index in [4.69, 9.17) is 5.73 Å². The lowest BCUT2D eigenvalue weighted by atomic mass is 10.1. The Kier molecular flexibility index (Phi) is 6.83. The molecule has 0 bridgehead atoms. The van der Waals surface area contributed by atoms with Crippen molar-refractivity contribution in [1.29, 1.82) is 0 Å². The van der Waals surface area contributed by atoms with E-state index in [9.17, 15) is 23.9 Å². The minimum Gasteiger partial charge on any atom is -0.480 e. The molecule has 0 aliphatic heterocycles. The van der Waals surface area contributed by atoms with Crippen molar-refractivity contribution in [2.75, 3.05) is 6.54 Å². The van der Waals surface area contributed by atoms with Crippen molar-refractivity contribution >= 4 is 29.2 Å². The van der Waals surface area contributed by atoms with Crippen molar-refractivity contribution in [3.63, 3.8) is 0 Å². The quantitative estimate of drug-likeness (QED) is 0.507. The first-order chi connectivity index (χ1) is 12.8. The van der Waals surface area contributed by atoms with Gasteiger partial charge < -0.3 is 21.5 Å². The number of aryl methyl sites for hydroxylation is 1.